The van der Waals surface area contributed by atoms with Crippen molar-refractivity contribution in [2.24, 2.45) is 5.92 Å². The van der Waals surface area contributed by atoms with E-state index in [1.54, 1.807) is 6.08 Å². The van der Waals surface area contributed by atoms with Gasteiger partial charge in [-0.3, -0.25) is 0 Å². The van der Waals surface area contributed by atoms with E-state index in [4.69, 9.17) is 0 Å². The molecule has 0 saturated carbocycles. The lowest BCUT2D eigenvalue weighted by molar-refractivity contribution is 0.447. The van der Waals surface area contributed by atoms with Gasteiger partial charge in [-0.25, -0.2) is 4.39 Å². The van der Waals surface area contributed by atoms with Crippen molar-refractivity contribution in [1.82, 2.24) is 0 Å². The number of unbranched alkanes of at least 4 members (excludes halogenated alkanes) is 3. The predicted molar refractivity (Wildman–Crippen MR) is 57.4 cm³/mol. The predicted octanol–water partition coefficient (Wildman–Crippen LogP) is 4.86. The van der Waals surface area contributed by atoms with Crippen LogP contribution in [-0.2, 0) is 0 Å². The van der Waals surface area contributed by atoms with Gasteiger partial charge in [0.25, 0.3) is 0 Å². The minimum absolute atomic E-state index is 0.0953. The summed E-state index contributed by atoms with van der Waals surface area (Å²) >= 11 is 0. The minimum Gasteiger partial charge on any atom is -0.212 e. The van der Waals surface area contributed by atoms with Gasteiger partial charge in [-0.1, -0.05) is 52.5 Å². The van der Waals surface area contributed by atoms with Crippen molar-refractivity contribution in [3.05, 3.63) is 11.9 Å². The van der Waals surface area contributed by atoms with Gasteiger partial charge in [0.1, 0.15) is 0 Å². The Bertz CT molecular complexity index is 138. The second-order valence-electron chi connectivity index (χ2n) is 3.77. The molecule has 0 aromatic rings. The standard InChI is InChI=1S/C12H23F/c1-4-6-8-9-11(3)12(13)10-7-5-2/h10-11H,4-9H2,1-3H3/b12-10+. The zero-order valence-electron chi connectivity index (χ0n) is 9.28. The molecule has 0 heterocycles. The average molecular weight is 186 g/mol. The van der Waals surface area contributed by atoms with E-state index >= 15 is 0 Å². The van der Waals surface area contributed by atoms with E-state index in [-0.39, 0.29) is 11.7 Å². The van der Waals surface area contributed by atoms with Gasteiger partial charge in [0.2, 0.25) is 0 Å². The molecule has 0 amide bonds. The highest BCUT2D eigenvalue weighted by Gasteiger charge is 2.06. The van der Waals surface area contributed by atoms with Crippen molar-refractivity contribution >= 4 is 0 Å². The SMILES string of the molecule is CCC/C=C(/F)C(C)CCCCC. The molecule has 1 heteroatoms. The number of allylic oxidation sites excluding steroid dienone is 2. The van der Waals surface area contributed by atoms with Gasteiger partial charge in [0, 0.05) is 5.92 Å². The van der Waals surface area contributed by atoms with Crippen molar-refractivity contribution in [3.63, 3.8) is 0 Å². The van der Waals surface area contributed by atoms with E-state index in [1.165, 1.54) is 12.8 Å². The molecule has 78 valence electrons. The van der Waals surface area contributed by atoms with Crippen LogP contribution in [0, 0.1) is 5.92 Å². The maximum absolute atomic E-state index is 13.3. The highest BCUT2D eigenvalue weighted by molar-refractivity contribution is 4.95. The third-order valence-electron chi connectivity index (χ3n) is 2.34. The van der Waals surface area contributed by atoms with Crippen LogP contribution in [0.2, 0.25) is 0 Å². The van der Waals surface area contributed by atoms with E-state index < -0.39 is 0 Å². The summed E-state index contributed by atoms with van der Waals surface area (Å²) in [6.07, 6.45) is 8.26. The topological polar surface area (TPSA) is 0 Å². The van der Waals surface area contributed by atoms with Crippen molar-refractivity contribution in [1.29, 1.82) is 0 Å². The molecule has 0 aliphatic carbocycles. The summed E-state index contributed by atoms with van der Waals surface area (Å²) in [5.74, 6) is 0.232. The van der Waals surface area contributed by atoms with Gasteiger partial charge in [0.05, 0.1) is 5.83 Å². The van der Waals surface area contributed by atoms with Crippen molar-refractivity contribution < 1.29 is 4.39 Å². The summed E-state index contributed by atoms with van der Waals surface area (Å²) < 4.78 is 13.3. The summed E-state index contributed by atoms with van der Waals surface area (Å²) in [5, 5.41) is 0. The molecule has 1 atom stereocenters. The number of hydrogen-bond acceptors (Lipinski definition) is 0. The molecule has 0 rings (SSSR count). The average Bonchev–Trinajstić information content (AvgIpc) is 2.14. The highest BCUT2D eigenvalue weighted by atomic mass is 19.1. The van der Waals surface area contributed by atoms with Crippen LogP contribution in [-0.4, -0.2) is 0 Å². The molecular formula is C12H23F. The summed E-state index contributed by atoms with van der Waals surface area (Å²) in [6, 6.07) is 0. The summed E-state index contributed by atoms with van der Waals surface area (Å²) in [5.41, 5.74) is 0. The van der Waals surface area contributed by atoms with Gasteiger partial charge < -0.3 is 0 Å². The first-order valence-corrected chi connectivity index (χ1v) is 5.57. The zero-order valence-corrected chi connectivity index (χ0v) is 9.28. The van der Waals surface area contributed by atoms with Gasteiger partial charge >= 0.3 is 0 Å². The van der Waals surface area contributed by atoms with E-state index in [0.717, 1.165) is 25.7 Å². The Kier molecular flexibility index (Phi) is 8.07. The van der Waals surface area contributed by atoms with E-state index in [9.17, 15) is 4.39 Å². The van der Waals surface area contributed by atoms with Crippen LogP contribution in [0.4, 0.5) is 4.39 Å². The summed E-state index contributed by atoms with van der Waals surface area (Å²) in [4.78, 5) is 0. The molecule has 13 heavy (non-hydrogen) atoms. The Morgan fingerprint density at radius 3 is 2.46 bits per heavy atom. The fourth-order valence-corrected chi connectivity index (χ4v) is 1.32. The first-order chi connectivity index (χ1) is 6.22. The van der Waals surface area contributed by atoms with Gasteiger partial charge in [-0.15, -0.1) is 0 Å². The van der Waals surface area contributed by atoms with E-state index in [1.807, 2.05) is 6.92 Å². The molecule has 0 radical (unpaired) electrons. The van der Waals surface area contributed by atoms with Gasteiger partial charge in [-0.05, 0) is 12.8 Å². The highest BCUT2D eigenvalue weighted by Crippen LogP contribution is 2.19. The fourth-order valence-electron chi connectivity index (χ4n) is 1.32. The van der Waals surface area contributed by atoms with Crippen LogP contribution in [0.25, 0.3) is 0 Å². The zero-order chi connectivity index (χ0) is 10.1. The molecule has 1 unspecified atom stereocenters. The third kappa shape index (κ3) is 6.80. The van der Waals surface area contributed by atoms with Crippen molar-refractivity contribution in [2.45, 2.75) is 59.3 Å². The lowest BCUT2D eigenvalue weighted by atomic mass is 10.0. The third-order valence-corrected chi connectivity index (χ3v) is 2.34. The first kappa shape index (κ1) is 12.7. The fraction of sp³-hybridized carbons (Fsp3) is 0.833. The molecule has 0 aromatic carbocycles. The van der Waals surface area contributed by atoms with Gasteiger partial charge in [-0.2, -0.15) is 0 Å². The number of hydrogen-bond donors (Lipinski definition) is 0. The monoisotopic (exact) mass is 186 g/mol. The van der Waals surface area contributed by atoms with Crippen LogP contribution >= 0.6 is 0 Å². The molecule has 0 fully saturated rings. The molecule has 0 N–H and O–H groups in total. The second kappa shape index (κ2) is 8.28. The largest absolute Gasteiger partial charge is 0.212 e. The molecule has 0 aliphatic heterocycles. The quantitative estimate of drug-likeness (QED) is 0.498. The van der Waals surface area contributed by atoms with Crippen LogP contribution in [0.5, 0.6) is 0 Å². The number of rotatable bonds is 7. The van der Waals surface area contributed by atoms with Crippen molar-refractivity contribution in [3.8, 4) is 0 Å². The number of halogens is 1. The maximum Gasteiger partial charge on any atom is 0.0987 e. The molecular weight excluding hydrogens is 163 g/mol. The normalized spacial score (nSPS) is 14.6. The lowest BCUT2D eigenvalue weighted by Crippen LogP contribution is -1.95. The maximum atomic E-state index is 13.3. The Labute approximate surface area is 82.2 Å². The molecule has 0 saturated heterocycles. The van der Waals surface area contributed by atoms with Crippen LogP contribution < -0.4 is 0 Å². The Morgan fingerprint density at radius 1 is 1.23 bits per heavy atom. The van der Waals surface area contributed by atoms with E-state index in [0.29, 0.717) is 0 Å². The molecule has 0 spiro atoms. The molecule has 0 bridgehead atoms. The first-order valence-electron chi connectivity index (χ1n) is 5.57. The van der Waals surface area contributed by atoms with Crippen LogP contribution in [0.15, 0.2) is 11.9 Å². The van der Waals surface area contributed by atoms with Crippen molar-refractivity contribution in [2.75, 3.05) is 0 Å². The second-order valence-corrected chi connectivity index (χ2v) is 3.77. The van der Waals surface area contributed by atoms with E-state index in [2.05, 4.69) is 13.8 Å². The van der Waals surface area contributed by atoms with Gasteiger partial charge in [0.15, 0.2) is 0 Å². The smallest absolute Gasteiger partial charge is 0.0987 e. The Morgan fingerprint density at radius 2 is 1.92 bits per heavy atom. The lowest BCUT2D eigenvalue weighted by Gasteiger charge is -2.08. The molecule has 0 nitrogen and oxygen atoms in total. The molecule has 0 aromatic heterocycles. The van der Waals surface area contributed by atoms with Crippen LogP contribution in [0.3, 0.4) is 0 Å². The Hall–Kier alpha value is -0.330. The summed E-state index contributed by atoms with van der Waals surface area (Å²) in [6.45, 7) is 6.23. The summed E-state index contributed by atoms with van der Waals surface area (Å²) in [7, 11) is 0. The molecule has 0 aliphatic rings. The Balaban J connectivity index is 3.61. The van der Waals surface area contributed by atoms with Crippen LogP contribution in [0.1, 0.15) is 59.3 Å². The minimum atomic E-state index is 0.0953.